The van der Waals surface area contributed by atoms with E-state index in [4.69, 9.17) is 0 Å². The molecule has 11 heteroatoms. The fraction of sp³-hybridized carbons (Fsp3) is 0.385. The van der Waals surface area contributed by atoms with Gasteiger partial charge in [0.05, 0.1) is 6.42 Å². The van der Waals surface area contributed by atoms with Gasteiger partial charge in [-0.3, -0.25) is 14.4 Å². The maximum Gasteiger partial charge on any atom is 0.365 e. The SMILES string of the molecule is C=CC(=O)NCCCC[C@H](NC(=O)Cc1ccccc1)C(=O)N1CCN(c2cccc([N+](=O)[O-])n2)CC1. The maximum atomic E-state index is 13.4. The standard InChI is InChI=1S/C26H32N6O5/c1-2-24(33)27-14-7-6-11-21(28-25(34)19-20-9-4-3-5-10-20)26(35)31-17-15-30(16-18-31)22-12-8-13-23(29-22)32(36)37/h2-5,8-10,12-13,21H,1,6-7,11,14-19H2,(H,27,33)(H,28,34)/t21-/m0/s1. The van der Waals surface area contributed by atoms with Crippen LogP contribution in [0.2, 0.25) is 0 Å². The minimum Gasteiger partial charge on any atom is -0.358 e. The third kappa shape index (κ3) is 8.41. The zero-order chi connectivity index (χ0) is 26.6. The predicted octanol–water partition coefficient (Wildman–Crippen LogP) is 1.84. The number of piperazine rings is 1. The zero-order valence-electron chi connectivity index (χ0n) is 20.7. The average molecular weight is 509 g/mol. The summed E-state index contributed by atoms with van der Waals surface area (Å²) in [7, 11) is 0. The van der Waals surface area contributed by atoms with Gasteiger partial charge in [0.15, 0.2) is 0 Å². The second kappa shape index (κ2) is 13.7. The Morgan fingerprint density at radius 1 is 1.05 bits per heavy atom. The molecule has 1 atom stereocenters. The van der Waals surface area contributed by atoms with Crippen molar-refractivity contribution in [3.05, 3.63) is 76.9 Å². The molecule has 11 nitrogen and oxygen atoms in total. The number of pyridine rings is 1. The van der Waals surface area contributed by atoms with Crippen LogP contribution in [0.4, 0.5) is 11.6 Å². The lowest BCUT2D eigenvalue weighted by Crippen LogP contribution is -2.55. The number of amides is 3. The Labute approximate surface area is 215 Å². The first kappa shape index (κ1) is 27.3. The normalized spacial score (nSPS) is 13.9. The second-order valence-corrected chi connectivity index (χ2v) is 8.70. The summed E-state index contributed by atoms with van der Waals surface area (Å²) in [6.45, 7) is 5.63. The highest BCUT2D eigenvalue weighted by molar-refractivity contribution is 5.88. The number of rotatable bonds is 12. The van der Waals surface area contributed by atoms with Gasteiger partial charge in [-0.25, -0.2) is 0 Å². The lowest BCUT2D eigenvalue weighted by atomic mass is 10.1. The summed E-state index contributed by atoms with van der Waals surface area (Å²) in [6, 6.07) is 13.3. The Balaban J connectivity index is 1.59. The number of unbranched alkanes of at least 4 members (excludes halogenated alkanes) is 1. The second-order valence-electron chi connectivity index (χ2n) is 8.70. The highest BCUT2D eigenvalue weighted by atomic mass is 16.6. The van der Waals surface area contributed by atoms with Gasteiger partial charge >= 0.3 is 5.82 Å². The van der Waals surface area contributed by atoms with Crippen molar-refractivity contribution in [1.82, 2.24) is 20.5 Å². The van der Waals surface area contributed by atoms with Crippen molar-refractivity contribution in [3.63, 3.8) is 0 Å². The summed E-state index contributed by atoms with van der Waals surface area (Å²) in [5.74, 6) is -0.371. The molecule has 1 saturated heterocycles. The Bertz CT molecular complexity index is 1100. The average Bonchev–Trinajstić information content (AvgIpc) is 2.92. The van der Waals surface area contributed by atoms with Crippen LogP contribution in [0, 0.1) is 10.1 Å². The lowest BCUT2D eigenvalue weighted by Gasteiger charge is -2.36. The molecule has 1 aliphatic heterocycles. The Hall–Kier alpha value is -4.28. The summed E-state index contributed by atoms with van der Waals surface area (Å²) in [4.78, 5) is 55.7. The van der Waals surface area contributed by atoms with E-state index in [-0.39, 0.29) is 30.0 Å². The first-order chi connectivity index (χ1) is 17.9. The largest absolute Gasteiger partial charge is 0.365 e. The molecule has 1 aliphatic rings. The van der Waals surface area contributed by atoms with Crippen molar-refractivity contribution in [2.45, 2.75) is 31.7 Å². The smallest absolute Gasteiger partial charge is 0.358 e. The molecule has 2 aromatic rings. The first-order valence-electron chi connectivity index (χ1n) is 12.3. The number of hydrogen-bond acceptors (Lipinski definition) is 7. The molecule has 2 N–H and O–H groups in total. The van der Waals surface area contributed by atoms with E-state index < -0.39 is 11.0 Å². The van der Waals surface area contributed by atoms with Crippen molar-refractivity contribution < 1.29 is 19.3 Å². The van der Waals surface area contributed by atoms with E-state index in [9.17, 15) is 24.5 Å². The minimum absolute atomic E-state index is 0.164. The molecule has 2 heterocycles. The topological polar surface area (TPSA) is 138 Å². The van der Waals surface area contributed by atoms with Gasteiger partial charge in [0.1, 0.15) is 6.04 Å². The van der Waals surface area contributed by atoms with Crippen LogP contribution in [-0.2, 0) is 20.8 Å². The summed E-state index contributed by atoms with van der Waals surface area (Å²) in [5, 5.41) is 16.7. The number of aromatic nitrogens is 1. The molecule has 1 aromatic heterocycles. The quantitative estimate of drug-likeness (QED) is 0.193. The monoisotopic (exact) mass is 508 g/mol. The van der Waals surface area contributed by atoms with Crippen LogP contribution < -0.4 is 15.5 Å². The minimum atomic E-state index is -0.686. The van der Waals surface area contributed by atoms with E-state index in [2.05, 4.69) is 22.2 Å². The van der Waals surface area contributed by atoms with Crippen LogP contribution in [0.15, 0.2) is 61.2 Å². The molecular formula is C26H32N6O5. The third-order valence-electron chi connectivity index (χ3n) is 6.07. The molecule has 0 bridgehead atoms. The molecular weight excluding hydrogens is 476 g/mol. The molecule has 0 radical (unpaired) electrons. The third-order valence-corrected chi connectivity index (χ3v) is 6.07. The van der Waals surface area contributed by atoms with Crippen molar-refractivity contribution in [1.29, 1.82) is 0 Å². The number of hydrogen-bond donors (Lipinski definition) is 2. The molecule has 196 valence electrons. The fourth-order valence-corrected chi connectivity index (χ4v) is 4.11. The number of anilines is 1. The highest BCUT2D eigenvalue weighted by Gasteiger charge is 2.30. The number of carbonyl (C=O) groups excluding carboxylic acids is 3. The van der Waals surface area contributed by atoms with E-state index in [1.807, 2.05) is 35.2 Å². The van der Waals surface area contributed by atoms with E-state index in [1.165, 1.54) is 12.1 Å². The van der Waals surface area contributed by atoms with E-state index in [1.54, 1.807) is 17.0 Å². The van der Waals surface area contributed by atoms with Gasteiger partial charge in [-0.1, -0.05) is 36.9 Å². The van der Waals surface area contributed by atoms with Crippen molar-refractivity contribution in [3.8, 4) is 0 Å². The Kier molecular flexibility index (Phi) is 10.1. The molecule has 1 aromatic carbocycles. The Morgan fingerprint density at radius 2 is 1.78 bits per heavy atom. The van der Waals surface area contributed by atoms with E-state index in [0.717, 1.165) is 5.56 Å². The lowest BCUT2D eigenvalue weighted by molar-refractivity contribution is -0.389. The fourth-order valence-electron chi connectivity index (χ4n) is 4.11. The van der Waals surface area contributed by atoms with E-state index >= 15 is 0 Å². The maximum absolute atomic E-state index is 13.4. The van der Waals surface area contributed by atoms with Gasteiger partial charge in [0.2, 0.25) is 23.5 Å². The molecule has 0 spiro atoms. The predicted molar refractivity (Wildman–Crippen MR) is 139 cm³/mol. The molecule has 3 rings (SSSR count). The Morgan fingerprint density at radius 3 is 2.46 bits per heavy atom. The highest BCUT2D eigenvalue weighted by Crippen LogP contribution is 2.18. The molecule has 37 heavy (non-hydrogen) atoms. The van der Waals surface area contributed by atoms with Crippen LogP contribution >= 0.6 is 0 Å². The molecule has 0 aliphatic carbocycles. The number of carbonyl (C=O) groups is 3. The van der Waals surface area contributed by atoms with Crippen molar-refractivity contribution >= 4 is 29.4 Å². The van der Waals surface area contributed by atoms with Gasteiger partial charge in [-0.05, 0) is 46.9 Å². The molecule has 0 saturated carbocycles. The van der Waals surface area contributed by atoms with Crippen LogP contribution in [0.5, 0.6) is 0 Å². The van der Waals surface area contributed by atoms with Gasteiger partial charge in [-0.15, -0.1) is 0 Å². The zero-order valence-corrected chi connectivity index (χ0v) is 20.7. The molecule has 1 fully saturated rings. The number of nitrogens with one attached hydrogen (secondary N) is 2. The van der Waals surface area contributed by atoms with E-state index in [0.29, 0.717) is 57.8 Å². The summed E-state index contributed by atoms with van der Waals surface area (Å²) < 4.78 is 0. The van der Waals surface area contributed by atoms with Crippen LogP contribution in [0.1, 0.15) is 24.8 Å². The van der Waals surface area contributed by atoms with Gasteiger partial charge < -0.3 is 30.5 Å². The molecule has 3 amide bonds. The van der Waals surface area contributed by atoms with Crippen LogP contribution in [-0.4, -0.2) is 71.3 Å². The van der Waals surface area contributed by atoms with Gasteiger partial charge in [0.25, 0.3) is 0 Å². The van der Waals surface area contributed by atoms with Crippen LogP contribution in [0.3, 0.4) is 0 Å². The van der Waals surface area contributed by atoms with Crippen molar-refractivity contribution in [2.24, 2.45) is 0 Å². The number of nitro groups is 1. The number of nitrogens with zero attached hydrogens (tertiary/aromatic N) is 4. The summed E-state index contributed by atoms with van der Waals surface area (Å²) >= 11 is 0. The van der Waals surface area contributed by atoms with Gasteiger partial charge in [-0.2, -0.15) is 0 Å². The van der Waals surface area contributed by atoms with Crippen molar-refractivity contribution in [2.75, 3.05) is 37.6 Å². The van der Waals surface area contributed by atoms with Gasteiger partial charge in [0, 0.05) is 44.9 Å². The molecule has 0 unspecified atom stereocenters. The summed E-state index contributed by atoms with van der Waals surface area (Å²) in [6.07, 6.45) is 3.11. The van der Waals surface area contributed by atoms with Crippen LogP contribution in [0.25, 0.3) is 0 Å². The summed E-state index contributed by atoms with van der Waals surface area (Å²) in [5.41, 5.74) is 0.858. The first-order valence-corrected chi connectivity index (χ1v) is 12.3. The number of benzene rings is 1.